The number of hydrogen-bond donors (Lipinski definition) is 2. The summed E-state index contributed by atoms with van der Waals surface area (Å²) in [6.45, 7) is 1.88. The van der Waals surface area contributed by atoms with Crippen LogP contribution in [0, 0.1) is 12.7 Å². The van der Waals surface area contributed by atoms with Crippen LogP contribution >= 0.6 is 0 Å². The zero-order chi connectivity index (χ0) is 22.1. The van der Waals surface area contributed by atoms with Gasteiger partial charge in [0, 0.05) is 50.3 Å². The highest BCUT2D eigenvalue weighted by Crippen LogP contribution is 2.37. The second-order valence-electron chi connectivity index (χ2n) is 7.21. The number of rotatable bonds is 7. The van der Waals surface area contributed by atoms with Crippen molar-refractivity contribution in [3.63, 3.8) is 0 Å². The molecular weight excluding hydrogens is 410 g/mol. The second-order valence-corrected chi connectivity index (χ2v) is 9.37. The number of allylic oxidation sites excluding steroid dienone is 1. The van der Waals surface area contributed by atoms with E-state index >= 15 is 0 Å². The fourth-order valence-corrected chi connectivity index (χ4v) is 4.40. The van der Waals surface area contributed by atoms with E-state index in [2.05, 4.69) is 9.97 Å². The molecule has 0 aliphatic carbocycles. The molecule has 6 nitrogen and oxygen atoms in total. The van der Waals surface area contributed by atoms with Crippen molar-refractivity contribution < 1.29 is 17.2 Å². The maximum absolute atomic E-state index is 14.5. The van der Waals surface area contributed by atoms with Gasteiger partial charge in [-0.3, -0.25) is 4.98 Å². The molecule has 0 bridgehead atoms. The molecule has 1 atom stereocenters. The Balaban J connectivity index is 2.13. The van der Waals surface area contributed by atoms with Crippen molar-refractivity contribution in [3.8, 4) is 0 Å². The van der Waals surface area contributed by atoms with Gasteiger partial charge in [-0.2, -0.15) is 0 Å². The Morgan fingerprint density at radius 2 is 1.97 bits per heavy atom. The maximum atomic E-state index is 14.5. The van der Waals surface area contributed by atoms with E-state index in [1.54, 1.807) is 12.1 Å². The van der Waals surface area contributed by atoms with E-state index in [0.717, 1.165) is 21.8 Å². The lowest BCUT2D eigenvalue weighted by Gasteiger charge is -2.19. The molecule has 2 aromatic heterocycles. The second kappa shape index (κ2) is 8.63. The van der Waals surface area contributed by atoms with Gasteiger partial charge in [0.25, 0.3) is 0 Å². The van der Waals surface area contributed by atoms with Gasteiger partial charge in [0.15, 0.2) is 0 Å². The molecule has 0 amide bonds. The van der Waals surface area contributed by atoms with Gasteiger partial charge in [-0.1, -0.05) is 12.1 Å². The number of nitrogens with two attached hydrogens (primary N) is 1. The minimum Gasteiger partial charge on any atom is -0.357 e. The fraction of sp³-hybridized carbons (Fsp3) is 0.286. The van der Waals surface area contributed by atoms with Crippen LogP contribution in [0.2, 0.25) is 0 Å². The van der Waals surface area contributed by atoms with Gasteiger partial charge < -0.3 is 10.7 Å². The van der Waals surface area contributed by atoms with Crippen LogP contribution in [-0.2, 0) is 10.0 Å². The molecule has 0 saturated heterocycles. The van der Waals surface area contributed by atoms with Gasteiger partial charge in [-0.15, -0.1) is 0 Å². The monoisotopic (exact) mass is 434 g/mol. The Labute approximate surface area is 174 Å². The predicted molar refractivity (Wildman–Crippen MR) is 113 cm³/mol. The molecule has 3 N–H and O–H groups in total. The summed E-state index contributed by atoms with van der Waals surface area (Å²) in [4.78, 5) is 7.45. The normalized spacial score (nSPS) is 13.9. The van der Waals surface area contributed by atoms with Crippen LogP contribution in [0.1, 0.15) is 29.2 Å². The van der Waals surface area contributed by atoms with Gasteiger partial charge in [0.05, 0.1) is 28.0 Å². The van der Waals surface area contributed by atoms with Crippen molar-refractivity contribution in [1.29, 1.82) is 0 Å². The topological polar surface area (TPSA) is 92.1 Å². The van der Waals surface area contributed by atoms with Crippen molar-refractivity contribution in [2.75, 3.05) is 20.6 Å². The van der Waals surface area contributed by atoms with Crippen LogP contribution in [0.4, 0.5) is 8.78 Å². The van der Waals surface area contributed by atoms with E-state index in [1.807, 2.05) is 6.92 Å². The third kappa shape index (κ3) is 4.28. The Bertz CT molecular complexity index is 1190. The van der Waals surface area contributed by atoms with E-state index in [1.165, 1.54) is 38.4 Å². The number of halogens is 2. The first-order valence-corrected chi connectivity index (χ1v) is 10.8. The highest BCUT2D eigenvalue weighted by molar-refractivity contribution is 7.89. The van der Waals surface area contributed by atoms with E-state index in [0.29, 0.717) is 16.6 Å². The van der Waals surface area contributed by atoms with Gasteiger partial charge >= 0.3 is 0 Å². The van der Waals surface area contributed by atoms with Crippen molar-refractivity contribution in [2.45, 2.75) is 24.2 Å². The summed E-state index contributed by atoms with van der Waals surface area (Å²) in [7, 11) is -0.666. The number of nitrogens with one attached hydrogen (secondary N) is 1. The Kier molecular flexibility index (Phi) is 6.35. The minimum atomic E-state index is -3.58. The molecule has 0 spiro atoms. The average Bonchev–Trinajstić information content (AvgIpc) is 3.01. The Morgan fingerprint density at radius 3 is 2.57 bits per heavy atom. The molecule has 1 unspecified atom stereocenters. The number of aryl methyl sites for hydroxylation is 1. The van der Waals surface area contributed by atoms with Gasteiger partial charge in [-0.05, 0) is 30.7 Å². The molecule has 2 heterocycles. The lowest BCUT2D eigenvalue weighted by molar-refractivity contribution is 0.520. The zero-order valence-electron chi connectivity index (χ0n) is 17.0. The summed E-state index contributed by atoms with van der Waals surface area (Å²) >= 11 is 0. The van der Waals surface area contributed by atoms with Crippen LogP contribution in [-0.4, -0.2) is 43.3 Å². The first-order valence-electron chi connectivity index (χ1n) is 9.36. The van der Waals surface area contributed by atoms with Gasteiger partial charge in [0.1, 0.15) is 5.82 Å². The molecule has 0 aliphatic rings. The minimum absolute atomic E-state index is 0.0177. The SMILES string of the molecule is Cc1[nH]c2cc(F)cnc2c1C(C/C(F)=C/CN)c1ccc(S(=O)(=O)N(C)C)cc1. The Morgan fingerprint density at radius 1 is 1.30 bits per heavy atom. The number of benzene rings is 1. The summed E-state index contributed by atoms with van der Waals surface area (Å²) in [6.07, 6.45) is 2.44. The molecular formula is C21H24F2N4O2S. The molecule has 0 fully saturated rings. The number of fused-ring (bicyclic) bond motifs is 1. The lowest BCUT2D eigenvalue weighted by Crippen LogP contribution is -2.22. The predicted octanol–water partition coefficient (Wildman–Crippen LogP) is 3.59. The van der Waals surface area contributed by atoms with E-state index < -0.39 is 21.8 Å². The Hall–Kier alpha value is -2.62. The van der Waals surface area contributed by atoms with Crippen LogP contribution < -0.4 is 5.73 Å². The molecule has 3 rings (SSSR count). The molecule has 160 valence electrons. The number of H-pyrrole nitrogens is 1. The smallest absolute Gasteiger partial charge is 0.242 e. The molecule has 3 aromatic rings. The molecule has 0 saturated carbocycles. The number of aromatic amines is 1. The summed E-state index contributed by atoms with van der Waals surface area (Å²) in [5, 5.41) is 0. The number of pyridine rings is 1. The average molecular weight is 435 g/mol. The fourth-order valence-electron chi connectivity index (χ4n) is 3.50. The van der Waals surface area contributed by atoms with Crippen molar-refractivity contribution in [2.24, 2.45) is 5.73 Å². The molecule has 0 aliphatic heterocycles. The zero-order valence-corrected chi connectivity index (χ0v) is 17.8. The number of hydrogen-bond acceptors (Lipinski definition) is 4. The quantitative estimate of drug-likeness (QED) is 0.594. The number of nitrogens with zero attached hydrogens (tertiary/aromatic N) is 2. The third-order valence-electron chi connectivity index (χ3n) is 4.98. The number of aromatic nitrogens is 2. The number of sulfonamides is 1. The van der Waals surface area contributed by atoms with E-state index in [4.69, 9.17) is 5.73 Å². The highest BCUT2D eigenvalue weighted by atomic mass is 32.2. The molecule has 30 heavy (non-hydrogen) atoms. The summed E-state index contributed by atoms with van der Waals surface area (Å²) < 4.78 is 53.9. The first-order chi connectivity index (χ1) is 14.1. The van der Waals surface area contributed by atoms with E-state index in [-0.39, 0.29) is 23.7 Å². The largest absolute Gasteiger partial charge is 0.357 e. The van der Waals surface area contributed by atoms with Crippen LogP contribution in [0.15, 0.2) is 53.3 Å². The lowest BCUT2D eigenvalue weighted by atomic mass is 9.87. The molecule has 1 aromatic carbocycles. The van der Waals surface area contributed by atoms with E-state index in [9.17, 15) is 17.2 Å². The third-order valence-corrected chi connectivity index (χ3v) is 6.81. The maximum Gasteiger partial charge on any atom is 0.242 e. The van der Waals surface area contributed by atoms with Gasteiger partial charge in [-0.25, -0.2) is 21.5 Å². The highest BCUT2D eigenvalue weighted by Gasteiger charge is 2.25. The van der Waals surface area contributed by atoms with Gasteiger partial charge in [0.2, 0.25) is 10.0 Å². The van der Waals surface area contributed by atoms with Crippen molar-refractivity contribution >= 4 is 21.1 Å². The van der Waals surface area contributed by atoms with Crippen LogP contribution in [0.3, 0.4) is 0 Å². The molecule has 0 radical (unpaired) electrons. The summed E-state index contributed by atoms with van der Waals surface area (Å²) in [5.74, 6) is -1.32. The summed E-state index contributed by atoms with van der Waals surface area (Å²) in [6, 6.07) is 7.67. The summed E-state index contributed by atoms with van der Waals surface area (Å²) in [5.41, 5.74) is 8.69. The molecule has 9 heteroatoms. The first kappa shape index (κ1) is 22.1. The van der Waals surface area contributed by atoms with Crippen molar-refractivity contribution in [1.82, 2.24) is 14.3 Å². The van der Waals surface area contributed by atoms with Crippen LogP contribution in [0.5, 0.6) is 0 Å². The van der Waals surface area contributed by atoms with Crippen LogP contribution in [0.25, 0.3) is 11.0 Å². The van der Waals surface area contributed by atoms with Crippen molar-refractivity contribution in [3.05, 3.63) is 71.1 Å². The standard InChI is InChI=1S/C21H24F2N4O2S/c1-13-20(21-19(26-13)11-16(23)12-25-21)18(10-15(22)8-9-24)14-4-6-17(7-5-14)30(28,29)27(2)3/h4-8,11-12,18,26H,9-10,24H2,1-3H3/b15-8-.